The number of nitrogens with zero attached hydrogens (tertiary/aromatic N) is 3. The number of carbonyl (C=O) groups is 1. The number of rotatable bonds is 5. The van der Waals surface area contributed by atoms with Crippen LogP contribution in [0.5, 0.6) is 0 Å². The number of carboxylic acids is 1. The van der Waals surface area contributed by atoms with Crippen molar-refractivity contribution in [1.82, 2.24) is 4.31 Å². The Hall–Kier alpha value is -2.42. The van der Waals surface area contributed by atoms with Gasteiger partial charge in [-0.05, 0) is 24.6 Å². The highest BCUT2D eigenvalue weighted by atomic mass is 32.2. The number of hydrogen-bond acceptors (Lipinski definition) is 5. The normalized spacial score (nSPS) is 10.8. The molecule has 0 bridgehead atoms. The van der Waals surface area contributed by atoms with Crippen molar-refractivity contribution < 1.29 is 18.3 Å². The number of nitriles is 2. The van der Waals surface area contributed by atoms with Gasteiger partial charge in [-0.3, -0.25) is 0 Å². The lowest BCUT2D eigenvalue weighted by atomic mass is 10.1. The van der Waals surface area contributed by atoms with Crippen molar-refractivity contribution in [2.75, 3.05) is 13.1 Å². The fraction of sp³-hybridized carbons (Fsp3) is 0.250. The Kier molecular flexibility index (Phi) is 4.81. The molecule has 1 rings (SSSR count). The van der Waals surface area contributed by atoms with Gasteiger partial charge in [-0.1, -0.05) is 6.07 Å². The molecule has 0 saturated heterocycles. The number of sulfonamides is 1. The smallest absolute Gasteiger partial charge is 0.335 e. The molecule has 0 amide bonds. The zero-order valence-corrected chi connectivity index (χ0v) is 11.4. The third kappa shape index (κ3) is 2.94. The SMILES string of the molecule is Cc1c(C(=O)O)cccc1S(=O)(=O)N(CC#N)CC#N. The van der Waals surface area contributed by atoms with Gasteiger partial charge in [-0.25, -0.2) is 13.2 Å². The second-order valence-corrected chi connectivity index (χ2v) is 5.73. The van der Waals surface area contributed by atoms with Gasteiger partial charge in [-0.15, -0.1) is 0 Å². The van der Waals surface area contributed by atoms with Crippen LogP contribution in [0.3, 0.4) is 0 Å². The van der Waals surface area contributed by atoms with Crippen LogP contribution < -0.4 is 0 Å². The van der Waals surface area contributed by atoms with E-state index in [1.54, 1.807) is 12.1 Å². The van der Waals surface area contributed by atoms with Gasteiger partial charge >= 0.3 is 5.97 Å². The first-order valence-electron chi connectivity index (χ1n) is 5.43. The molecule has 0 saturated carbocycles. The first kappa shape index (κ1) is 15.6. The largest absolute Gasteiger partial charge is 0.478 e. The maximum Gasteiger partial charge on any atom is 0.335 e. The van der Waals surface area contributed by atoms with Gasteiger partial charge in [0.25, 0.3) is 0 Å². The van der Waals surface area contributed by atoms with Crippen molar-refractivity contribution in [3.05, 3.63) is 29.3 Å². The third-order valence-electron chi connectivity index (χ3n) is 2.63. The zero-order valence-electron chi connectivity index (χ0n) is 10.6. The highest BCUT2D eigenvalue weighted by Crippen LogP contribution is 2.22. The number of benzene rings is 1. The van der Waals surface area contributed by atoms with E-state index in [2.05, 4.69) is 0 Å². The molecule has 0 atom stereocenters. The number of hydrogen-bond donors (Lipinski definition) is 1. The Morgan fingerprint density at radius 3 is 2.30 bits per heavy atom. The van der Waals surface area contributed by atoms with E-state index in [0.717, 1.165) is 0 Å². The summed E-state index contributed by atoms with van der Waals surface area (Å²) >= 11 is 0. The molecule has 0 fully saturated rings. The van der Waals surface area contributed by atoms with E-state index in [0.29, 0.717) is 4.31 Å². The van der Waals surface area contributed by atoms with Crippen molar-refractivity contribution in [1.29, 1.82) is 10.5 Å². The summed E-state index contributed by atoms with van der Waals surface area (Å²) in [5.41, 5.74) is -0.0687. The van der Waals surface area contributed by atoms with Crippen molar-refractivity contribution >= 4 is 16.0 Å². The van der Waals surface area contributed by atoms with Gasteiger partial charge in [-0.2, -0.15) is 14.8 Å². The van der Waals surface area contributed by atoms with Gasteiger partial charge in [0.05, 0.1) is 22.6 Å². The van der Waals surface area contributed by atoms with E-state index >= 15 is 0 Å². The average Bonchev–Trinajstić information content (AvgIpc) is 2.38. The Labute approximate surface area is 116 Å². The predicted molar refractivity (Wildman–Crippen MR) is 68.1 cm³/mol. The van der Waals surface area contributed by atoms with Crippen LogP contribution in [0, 0.1) is 29.6 Å². The molecule has 0 aliphatic carbocycles. The third-order valence-corrected chi connectivity index (χ3v) is 4.56. The molecule has 0 aliphatic heterocycles. The average molecular weight is 293 g/mol. The van der Waals surface area contributed by atoms with E-state index in [1.165, 1.54) is 25.1 Å². The molecule has 7 nitrogen and oxygen atoms in total. The quantitative estimate of drug-likeness (QED) is 0.798. The molecule has 8 heteroatoms. The standard InChI is InChI=1S/C12H11N3O4S/c1-9-10(12(16)17)3-2-4-11(9)20(18,19)15(7-5-13)8-6-14/h2-4H,7-8H2,1H3,(H,16,17). The molecule has 0 aromatic heterocycles. The second-order valence-electron chi connectivity index (χ2n) is 3.82. The maximum atomic E-state index is 12.3. The summed E-state index contributed by atoms with van der Waals surface area (Å²) in [4.78, 5) is 10.8. The summed E-state index contributed by atoms with van der Waals surface area (Å²) in [5, 5.41) is 26.2. The van der Waals surface area contributed by atoms with Crippen LogP contribution in [-0.2, 0) is 10.0 Å². The van der Waals surface area contributed by atoms with Crippen LogP contribution in [-0.4, -0.2) is 36.9 Å². The molecule has 0 heterocycles. The van der Waals surface area contributed by atoms with Crippen molar-refractivity contribution in [2.45, 2.75) is 11.8 Å². The van der Waals surface area contributed by atoms with Crippen LogP contribution in [0.25, 0.3) is 0 Å². The van der Waals surface area contributed by atoms with Gasteiger partial charge in [0.1, 0.15) is 13.1 Å². The van der Waals surface area contributed by atoms with E-state index in [-0.39, 0.29) is 16.0 Å². The Balaban J connectivity index is 3.43. The van der Waals surface area contributed by atoms with Crippen molar-refractivity contribution in [2.24, 2.45) is 0 Å². The van der Waals surface area contributed by atoms with Crippen LogP contribution in [0.4, 0.5) is 0 Å². The van der Waals surface area contributed by atoms with E-state index in [9.17, 15) is 13.2 Å². The minimum atomic E-state index is -4.09. The molecular formula is C12H11N3O4S. The predicted octanol–water partition coefficient (Wildman–Crippen LogP) is 0.731. The molecule has 1 N–H and O–H groups in total. The van der Waals surface area contributed by atoms with E-state index in [1.807, 2.05) is 0 Å². The lowest BCUT2D eigenvalue weighted by Crippen LogP contribution is -2.32. The molecular weight excluding hydrogens is 282 g/mol. The summed E-state index contributed by atoms with van der Waals surface area (Å²) in [5.74, 6) is -1.24. The fourth-order valence-electron chi connectivity index (χ4n) is 1.65. The van der Waals surface area contributed by atoms with Crippen molar-refractivity contribution in [3.63, 3.8) is 0 Å². The van der Waals surface area contributed by atoms with E-state index in [4.69, 9.17) is 15.6 Å². The monoisotopic (exact) mass is 293 g/mol. The molecule has 0 unspecified atom stereocenters. The summed E-state index contributed by atoms with van der Waals surface area (Å²) in [6.07, 6.45) is 0. The summed E-state index contributed by atoms with van der Waals surface area (Å²) in [6.45, 7) is 0.409. The zero-order chi connectivity index (χ0) is 15.3. The van der Waals surface area contributed by atoms with Gasteiger partial charge in [0.2, 0.25) is 10.0 Å². The first-order chi connectivity index (χ1) is 9.36. The Morgan fingerprint density at radius 1 is 1.30 bits per heavy atom. The fourth-order valence-corrected chi connectivity index (χ4v) is 3.13. The summed E-state index contributed by atoms with van der Waals surface area (Å²) < 4.78 is 25.4. The lowest BCUT2D eigenvalue weighted by molar-refractivity contribution is 0.0696. The molecule has 20 heavy (non-hydrogen) atoms. The summed E-state index contributed by atoms with van der Waals surface area (Å²) in [7, 11) is -4.09. The second kappa shape index (κ2) is 6.15. The minimum Gasteiger partial charge on any atom is -0.478 e. The molecule has 0 spiro atoms. The van der Waals surface area contributed by atoms with Crippen LogP contribution in [0.2, 0.25) is 0 Å². The van der Waals surface area contributed by atoms with Gasteiger partial charge < -0.3 is 5.11 Å². The van der Waals surface area contributed by atoms with Crippen LogP contribution in [0.15, 0.2) is 23.1 Å². The minimum absolute atomic E-state index is 0.0703. The van der Waals surface area contributed by atoms with Crippen LogP contribution in [0.1, 0.15) is 15.9 Å². The highest BCUT2D eigenvalue weighted by Gasteiger charge is 2.27. The Morgan fingerprint density at radius 2 is 1.85 bits per heavy atom. The topological polar surface area (TPSA) is 122 Å². The molecule has 1 aromatic rings. The van der Waals surface area contributed by atoms with Gasteiger partial charge in [0, 0.05) is 0 Å². The number of carboxylic acid groups (broad SMARTS) is 1. The van der Waals surface area contributed by atoms with E-state index < -0.39 is 29.1 Å². The molecule has 1 aromatic carbocycles. The summed E-state index contributed by atoms with van der Waals surface area (Å²) in [6, 6.07) is 7.17. The highest BCUT2D eigenvalue weighted by molar-refractivity contribution is 7.89. The number of aromatic carboxylic acids is 1. The van der Waals surface area contributed by atoms with Crippen molar-refractivity contribution in [3.8, 4) is 12.1 Å². The lowest BCUT2D eigenvalue weighted by Gasteiger charge is -2.18. The first-order valence-corrected chi connectivity index (χ1v) is 6.87. The molecule has 104 valence electrons. The molecule has 0 aliphatic rings. The maximum absolute atomic E-state index is 12.3. The Bertz CT molecular complexity index is 697. The van der Waals surface area contributed by atoms with Crippen LogP contribution >= 0.6 is 0 Å². The van der Waals surface area contributed by atoms with Gasteiger partial charge in [0.15, 0.2) is 0 Å². The molecule has 0 radical (unpaired) electrons.